The largest absolute Gasteiger partial charge is 0.282 e. The average molecular weight is 341 g/mol. The smallest absolute Gasteiger partial charge is 0.262 e. The maximum atomic E-state index is 12.7. The number of benzene rings is 2. The van der Waals surface area contributed by atoms with Crippen LogP contribution in [0.15, 0.2) is 53.4 Å². The Morgan fingerprint density at radius 1 is 1.00 bits per heavy atom. The zero-order valence-corrected chi connectivity index (χ0v) is 14.6. The molecular formula is C18H19N3O2S. The minimum atomic E-state index is -3.64. The average Bonchev–Trinajstić information content (AvgIpc) is 2.96. The van der Waals surface area contributed by atoms with E-state index in [1.807, 2.05) is 38.1 Å². The number of H-pyrrole nitrogens is 1. The molecule has 6 heteroatoms. The molecule has 1 heterocycles. The van der Waals surface area contributed by atoms with Crippen molar-refractivity contribution in [2.45, 2.75) is 25.7 Å². The fraction of sp³-hybridized carbons (Fsp3) is 0.167. The Bertz CT molecular complexity index is 991. The number of aromatic nitrogens is 2. The van der Waals surface area contributed by atoms with E-state index in [-0.39, 0.29) is 0 Å². The van der Waals surface area contributed by atoms with Crippen molar-refractivity contribution in [3.63, 3.8) is 0 Å². The summed E-state index contributed by atoms with van der Waals surface area (Å²) in [5, 5.41) is 7.09. The SMILES string of the molecule is Cc1ccc(C)c(S(=O)(=O)Nc2cccc(-c3cc(C)[nH]n3)c2)c1. The topological polar surface area (TPSA) is 74.8 Å². The molecule has 0 saturated carbocycles. The fourth-order valence-corrected chi connectivity index (χ4v) is 3.90. The molecule has 0 radical (unpaired) electrons. The number of aromatic amines is 1. The minimum Gasteiger partial charge on any atom is -0.282 e. The van der Waals surface area contributed by atoms with Gasteiger partial charge in [-0.25, -0.2) is 8.42 Å². The van der Waals surface area contributed by atoms with Gasteiger partial charge in [0.25, 0.3) is 10.0 Å². The van der Waals surface area contributed by atoms with E-state index in [2.05, 4.69) is 14.9 Å². The third-order valence-electron chi connectivity index (χ3n) is 3.75. The normalized spacial score (nSPS) is 11.5. The van der Waals surface area contributed by atoms with Gasteiger partial charge < -0.3 is 0 Å². The lowest BCUT2D eigenvalue weighted by atomic mass is 10.1. The minimum absolute atomic E-state index is 0.295. The van der Waals surface area contributed by atoms with Gasteiger partial charge in [0.05, 0.1) is 10.6 Å². The van der Waals surface area contributed by atoms with Crippen LogP contribution in [0.2, 0.25) is 0 Å². The van der Waals surface area contributed by atoms with Crippen LogP contribution in [0.3, 0.4) is 0 Å². The van der Waals surface area contributed by atoms with Gasteiger partial charge in [-0.3, -0.25) is 9.82 Å². The zero-order valence-electron chi connectivity index (χ0n) is 13.8. The van der Waals surface area contributed by atoms with Gasteiger partial charge in [-0.1, -0.05) is 24.3 Å². The Morgan fingerprint density at radius 2 is 1.79 bits per heavy atom. The van der Waals surface area contributed by atoms with E-state index < -0.39 is 10.0 Å². The number of nitrogens with one attached hydrogen (secondary N) is 2. The summed E-state index contributed by atoms with van der Waals surface area (Å²) in [7, 11) is -3.64. The Balaban J connectivity index is 1.94. The molecule has 0 aliphatic rings. The number of anilines is 1. The van der Waals surface area contributed by atoms with Crippen LogP contribution in [0.25, 0.3) is 11.3 Å². The molecule has 0 saturated heterocycles. The highest BCUT2D eigenvalue weighted by molar-refractivity contribution is 7.92. The third kappa shape index (κ3) is 3.33. The molecule has 2 N–H and O–H groups in total. The maximum absolute atomic E-state index is 12.7. The second-order valence-electron chi connectivity index (χ2n) is 5.89. The van der Waals surface area contributed by atoms with Crippen LogP contribution in [0.4, 0.5) is 5.69 Å². The van der Waals surface area contributed by atoms with Gasteiger partial charge in [0, 0.05) is 16.9 Å². The molecule has 3 aromatic rings. The van der Waals surface area contributed by atoms with Crippen LogP contribution < -0.4 is 4.72 Å². The van der Waals surface area contributed by atoms with Crippen LogP contribution in [-0.2, 0) is 10.0 Å². The molecule has 0 aliphatic heterocycles. The van der Waals surface area contributed by atoms with E-state index in [9.17, 15) is 8.42 Å². The predicted octanol–water partition coefficient (Wildman–Crippen LogP) is 3.80. The first-order chi connectivity index (χ1) is 11.3. The van der Waals surface area contributed by atoms with Gasteiger partial charge in [-0.15, -0.1) is 0 Å². The summed E-state index contributed by atoms with van der Waals surface area (Å²) in [4.78, 5) is 0.295. The number of hydrogen-bond acceptors (Lipinski definition) is 3. The molecule has 0 amide bonds. The van der Waals surface area contributed by atoms with Crippen LogP contribution in [0.5, 0.6) is 0 Å². The summed E-state index contributed by atoms with van der Waals surface area (Å²) < 4.78 is 28.0. The lowest BCUT2D eigenvalue weighted by Gasteiger charge is -2.11. The summed E-state index contributed by atoms with van der Waals surface area (Å²) in [5.41, 5.74) is 4.70. The maximum Gasteiger partial charge on any atom is 0.262 e. The van der Waals surface area contributed by atoms with Crippen LogP contribution >= 0.6 is 0 Å². The van der Waals surface area contributed by atoms with Crippen molar-refractivity contribution in [3.8, 4) is 11.3 Å². The van der Waals surface area contributed by atoms with Crippen molar-refractivity contribution in [2.75, 3.05) is 4.72 Å². The quantitative estimate of drug-likeness (QED) is 0.758. The standard InChI is InChI=1S/C18H19N3O2S/c1-12-7-8-13(2)18(9-12)24(22,23)21-16-6-4-5-15(11-16)17-10-14(3)19-20-17/h4-11,21H,1-3H3,(H,19,20). The van der Waals surface area contributed by atoms with E-state index in [0.717, 1.165) is 22.5 Å². The molecule has 24 heavy (non-hydrogen) atoms. The Morgan fingerprint density at radius 3 is 2.50 bits per heavy atom. The monoisotopic (exact) mass is 341 g/mol. The Labute approximate surface area is 141 Å². The number of aryl methyl sites for hydroxylation is 3. The van der Waals surface area contributed by atoms with Crippen molar-refractivity contribution >= 4 is 15.7 Å². The number of rotatable bonds is 4. The summed E-state index contributed by atoms with van der Waals surface area (Å²) in [6.07, 6.45) is 0. The lowest BCUT2D eigenvalue weighted by molar-refractivity contribution is 0.600. The number of sulfonamides is 1. The lowest BCUT2D eigenvalue weighted by Crippen LogP contribution is -2.14. The van der Waals surface area contributed by atoms with E-state index in [0.29, 0.717) is 16.1 Å². The highest BCUT2D eigenvalue weighted by atomic mass is 32.2. The Hall–Kier alpha value is -2.60. The highest BCUT2D eigenvalue weighted by Crippen LogP contribution is 2.24. The van der Waals surface area contributed by atoms with E-state index >= 15 is 0 Å². The Kier molecular flexibility index (Phi) is 4.15. The second-order valence-corrected chi connectivity index (χ2v) is 7.54. The summed E-state index contributed by atoms with van der Waals surface area (Å²) in [6, 6.07) is 14.5. The van der Waals surface area contributed by atoms with Crippen molar-refractivity contribution in [2.24, 2.45) is 0 Å². The fourth-order valence-electron chi connectivity index (χ4n) is 2.51. The first-order valence-electron chi connectivity index (χ1n) is 7.58. The van der Waals surface area contributed by atoms with Crippen LogP contribution in [0.1, 0.15) is 16.8 Å². The summed E-state index contributed by atoms with van der Waals surface area (Å²) >= 11 is 0. The van der Waals surface area contributed by atoms with E-state index in [1.165, 1.54) is 0 Å². The van der Waals surface area contributed by atoms with Crippen LogP contribution in [-0.4, -0.2) is 18.6 Å². The molecule has 0 fully saturated rings. The molecule has 3 rings (SSSR count). The molecule has 0 unspecified atom stereocenters. The molecule has 1 aromatic heterocycles. The van der Waals surface area contributed by atoms with Gasteiger partial charge in [-0.2, -0.15) is 5.10 Å². The third-order valence-corrected chi connectivity index (χ3v) is 5.27. The molecule has 5 nitrogen and oxygen atoms in total. The highest BCUT2D eigenvalue weighted by Gasteiger charge is 2.17. The first kappa shape index (κ1) is 16.3. The van der Waals surface area contributed by atoms with Gasteiger partial charge in [0.15, 0.2) is 0 Å². The van der Waals surface area contributed by atoms with Gasteiger partial charge >= 0.3 is 0 Å². The van der Waals surface area contributed by atoms with Gasteiger partial charge in [0.2, 0.25) is 0 Å². The van der Waals surface area contributed by atoms with Crippen molar-refractivity contribution in [1.29, 1.82) is 0 Å². The van der Waals surface area contributed by atoms with E-state index in [1.54, 1.807) is 31.2 Å². The summed E-state index contributed by atoms with van der Waals surface area (Å²) in [6.45, 7) is 5.58. The number of hydrogen-bond donors (Lipinski definition) is 2. The first-order valence-corrected chi connectivity index (χ1v) is 9.06. The summed E-state index contributed by atoms with van der Waals surface area (Å²) in [5.74, 6) is 0. The second kappa shape index (κ2) is 6.13. The molecule has 0 aliphatic carbocycles. The molecule has 0 spiro atoms. The number of nitrogens with zero attached hydrogens (tertiary/aromatic N) is 1. The molecule has 0 bridgehead atoms. The van der Waals surface area contributed by atoms with Gasteiger partial charge in [-0.05, 0) is 56.2 Å². The van der Waals surface area contributed by atoms with Crippen molar-refractivity contribution in [1.82, 2.24) is 10.2 Å². The van der Waals surface area contributed by atoms with Crippen molar-refractivity contribution < 1.29 is 8.42 Å². The van der Waals surface area contributed by atoms with Crippen LogP contribution in [0, 0.1) is 20.8 Å². The molecule has 0 atom stereocenters. The molecule has 124 valence electrons. The van der Waals surface area contributed by atoms with Gasteiger partial charge in [0.1, 0.15) is 0 Å². The van der Waals surface area contributed by atoms with E-state index in [4.69, 9.17) is 0 Å². The molecular weight excluding hydrogens is 322 g/mol. The van der Waals surface area contributed by atoms with Crippen molar-refractivity contribution in [3.05, 3.63) is 65.4 Å². The zero-order chi connectivity index (χ0) is 17.3. The predicted molar refractivity (Wildman–Crippen MR) is 95.5 cm³/mol. The molecule has 2 aromatic carbocycles.